The molecule has 0 unspecified atom stereocenters. The molecule has 0 amide bonds. The van der Waals surface area contributed by atoms with Crippen LogP contribution in [0.25, 0.3) is 0 Å². The zero-order valence-corrected chi connectivity index (χ0v) is 11.7. The first-order valence-electron chi connectivity index (χ1n) is 5.96. The van der Waals surface area contributed by atoms with Crippen LogP contribution < -0.4 is 5.32 Å². The molecule has 0 saturated heterocycles. The summed E-state index contributed by atoms with van der Waals surface area (Å²) in [5, 5.41) is 14.2. The Bertz CT molecular complexity index is 565. The molecular formula is C14H16N2O2S. The van der Waals surface area contributed by atoms with E-state index in [-0.39, 0.29) is 11.0 Å². The average Bonchev–Trinajstić information content (AvgIpc) is 2.91. The molecule has 19 heavy (non-hydrogen) atoms. The van der Waals surface area contributed by atoms with Crippen LogP contribution in [0.15, 0.2) is 35.8 Å². The van der Waals surface area contributed by atoms with Gasteiger partial charge in [0.1, 0.15) is 5.82 Å². The van der Waals surface area contributed by atoms with Crippen molar-refractivity contribution in [3.63, 3.8) is 0 Å². The molecule has 0 aliphatic heterocycles. The van der Waals surface area contributed by atoms with Crippen molar-refractivity contribution in [1.29, 1.82) is 0 Å². The SMILES string of the molecule is CC(C)(CNc1cc(C(=O)O)ccn1)c1cccs1. The zero-order valence-electron chi connectivity index (χ0n) is 10.9. The van der Waals surface area contributed by atoms with Gasteiger partial charge in [-0.15, -0.1) is 11.3 Å². The smallest absolute Gasteiger partial charge is 0.335 e. The van der Waals surface area contributed by atoms with E-state index in [0.717, 1.165) is 0 Å². The number of carbonyl (C=O) groups is 1. The van der Waals surface area contributed by atoms with E-state index in [1.165, 1.54) is 17.1 Å². The van der Waals surface area contributed by atoms with Gasteiger partial charge in [0.2, 0.25) is 0 Å². The van der Waals surface area contributed by atoms with E-state index in [1.54, 1.807) is 17.4 Å². The summed E-state index contributed by atoms with van der Waals surface area (Å²) in [4.78, 5) is 16.3. The van der Waals surface area contributed by atoms with E-state index in [1.807, 2.05) is 6.07 Å². The Kier molecular flexibility index (Phi) is 3.85. The molecule has 2 heterocycles. The number of aromatic carboxylic acids is 1. The number of nitrogens with zero attached hydrogens (tertiary/aromatic N) is 1. The predicted octanol–water partition coefficient (Wildman–Crippen LogP) is 3.23. The van der Waals surface area contributed by atoms with Gasteiger partial charge in [0.05, 0.1) is 5.56 Å². The standard InChI is InChI=1S/C14H16N2O2S/c1-14(2,11-4-3-7-19-11)9-16-12-8-10(13(17)18)5-6-15-12/h3-8H,9H2,1-2H3,(H,15,16)(H,17,18). The van der Waals surface area contributed by atoms with Crippen LogP contribution in [0.5, 0.6) is 0 Å². The highest BCUT2D eigenvalue weighted by atomic mass is 32.1. The number of pyridine rings is 1. The number of hydrogen-bond acceptors (Lipinski definition) is 4. The minimum atomic E-state index is -0.942. The Morgan fingerprint density at radius 1 is 1.47 bits per heavy atom. The third-order valence-electron chi connectivity index (χ3n) is 2.91. The third-order valence-corrected chi connectivity index (χ3v) is 4.14. The Hall–Kier alpha value is -1.88. The minimum Gasteiger partial charge on any atom is -0.478 e. The fourth-order valence-corrected chi connectivity index (χ4v) is 2.57. The number of thiophene rings is 1. The van der Waals surface area contributed by atoms with E-state index in [9.17, 15) is 4.79 Å². The molecule has 0 spiro atoms. The van der Waals surface area contributed by atoms with E-state index < -0.39 is 5.97 Å². The van der Waals surface area contributed by atoms with E-state index in [0.29, 0.717) is 12.4 Å². The summed E-state index contributed by atoms with van der Waals surface area (Å²) in [6.07, 6.45) is 1.50. The van der Waals surface area contributed by atoms with Gasteiger partial charge in [-0.3, -0.25) is 0 Å². The van der Waals surface area contributed by atoms with E-state index in [4.69, 9.17) is 5.11 Å². The lowest BCUT2D eigenvalue weighted by atomic mass is 9.91. The van der Waals surface area contributed by atoms with Crippen molar-refractivity contribution >= 4 is 23.1 Å². The van der Waals surface area contributed by atoms with Crippen molar-refractivity contribution in [2.45, 2.75) is 19.3 Å². The first-order chi connectivity index (χ1) is 8.99. The first kappa shape index (κ1) is 13.5. The lowest BCUT2D eigenvalue weighted by Crippen LogP contribution is -2.26. The Balaban J connectivity index is 2.06. The molecule has 0 radical (unpaired) electrons. The van der Waals surface area contributed by atoms with Gasteiger partial charge in [-0.1, -0.05) is 19.9 Å². The van der Waals surface area contributed by atoms with Crippen LogP contribution in [-0.2, 0) is 5.41 Å². The molecule has 2 aromatic heterocycles. The van der Waals surface area contributed by atoms with Crippen molar-refractivity contribution in [2.24, 2.45) is 0 Å². The average molecular weight is 276 g/mol. The molecule has 0 aliphatic rings. The van der Waals surface area contributed by atoms with Gasteiger partial charge in [0.15, 0.2) is 0 Å². The van der Waals surface area contributed by atoms with Crippen LogP contribution in [-0.4, -0.2) is 22.6 Å². The lowest BCUT2D eigenvalue weighted by molar-refractivity contribution is 0.0697. The molecule has 0 aromatic carbocycles. The van der Waals surface area contributed by atoms with Crippen LogP contribution in [0, 0.1) is 0 Å². The van der Waals surface area contributed by atoms with Crippen molar-refractivity contribution in [3.8, 4) is 0 Å². The Labute approximate surface area is 116 Å². The second kappa shape index (κ2) is 5.40. The van der Waals surface area contributed by atoms with Gasteiger partial charge in [-0.25, -0.2) is 9.78 Å². The predicted molar refractivity (Wildman–Crippen MR) is 77.0 cm³/mol. The maximum Gasteiger partial charge on any atom is 0.335 e. The largest absolute Gasteiger partial charge is 0.478 e. The summed E-state index contributed by atoms with van der Waals surface area (Å²) in [6, 6.07) is 7.17. The number of nitrogens with one attached hydrogen (secondary N) is 1. The molecule has 2 aromatic rings. The molecular weight excluding hydrogens is 260 g/mol. The van der Waals surface area contributed by atoms with Gasteiger partial charge in [0, 0.05) is 23.0 Å². The third kappa shape index (κ3) is 3.32. The fourth-order valence-electron chi connectivity index (χ4n) is 1.72. The van der Waals surface area contributed by atoms with Crippen LogP contribution in [0.3, 0.4) is 0 Å². The molecule has 2 rings (SSSR count). The molecule has 0 atom stereocenters. The quantitative estimate of drug-likeness (QED) is 0.880. The summed E-state index contributed by atoms with van der Waals surface area (Å²) in [5.74, 6) is -0.354. The minimum absolute atomic E-state index is 0.0188. The van der Waals surface area contributed by atoms with Gasteiger partial charge in [-0.05, 0) is 23.6 Å². The number of rotatable bonds is 5. The van der Waals surface area contributed by atoms with Gasteiger partial charge in [0.25, 0.3) is 0 Å². The van der Waals surface area contributed by atoms with Gasteiger partial charge < -0.3 is 10.4 Å². The van der Waals surface area contributed by atoms with Crippen molar-refractivity contribution in [1.82, 2.24) is 4.98 Å². The van der Waals surface area contributed by atoms with Gasteiger partial charge in [-0.2, -0.15) is 0 Å². The second-order valence-electron chi connectivity index (χ2n) is 4.95. The summed E-state index contributed by atoms with van der Waals surface area (Å²) < 4.78 is 0. The normalized spacial score (nSPS) is 11.3. The first-order valence-corrected chi connectivity index (χ1v) is 6.84. The highest BCUT2D eigenvalue weighted by Gasteiger charge is 2.21. The van der Waals surface area contributed by atoms with E-state index in [2.05, 4.69) is 35.6 Å². The number of hydrogen-bond donors (Lipinski definition) is 2. The molecule has 0 saturated carbocycles. The van der Waals surface area contributed by atoms with E-state index >= 15 is 0 Å². The maximum atomic E-state index is 10.9. The zero-order chi connectivity index (χ0) is 13.9. The number of anilines is 1. The Morgan fingerprint density at radius 2 is 2.26 bits per heavy atom. The Morgan fingerprint density at radius 3 is 2.89 bits per heavy atom. The van der Waals surface area contributed by atoms with Crippen molar-refractivity contribution < 1.29 is 9.90 Å². The summed E-state index contributed by atoms with van der Waals surface area (Å²) in [6.45, 7) is 4.99. The second-order valence-corrected chi connectivity index (χ2v) is 5.90. The lowest BCUT2D eigenvalue weighted by Gasteiger charge is -2.24. The monoisotopic (exact) mass is 276 g/mol. The summed E-state index contributed by atoms with van der Waals surface area (Å²) in [5.41, 5.74) is 0.223. The number of carboxylic acids is 1. The van der Waals surface area contributed by atoms with Crippen LogP contribution in [0.1, 0.15) is 29.1 Å². The molecule has 0 bridgehead atoms. The van der Waals surface area contributed by atoms with Crippen LogP contribution >= 0.6 is 11.3 Å². The topological polar surface area (TPSA) is 62.2 Å². The van der Waals surface area contributed by atoms with Crippen LogP contribution in [0.4, 0.5) is 5.82 Å². The van der Waals surface area contributed by atoms with Crippen LogP contribution in [0.2, 0.25) is 0 Å². The molecule has 5 heteroatoms. The summed E-state index contributed by atoms with van der Waals surface area (Å²) >= 11 is 1.72. The number of carboxylic acid groups (broad SMARTS) is 1. The molecule has 100 valence electrons. The van der Waals surface area contributed by atoms with Crippen molar-refractivity contribution in [3.05, 3.63) is 46.3 Å². The maximum absolute atomic E-state index is 10.9. The van der Waals surface area contributed by atoms with Crippen molar-refractivity contribution in [2.75, 3.05) is 11.9 Å². The number of aromatic nitrogens is 1. The molecule has 2 N–H and O–H groups in total. The highest BCUT2D eigenvalue weighted by molar-refractivity contribution is 7.10. The molecule has 0 fully saturated rings. The molecule has 0 aliphatic carbocycles. The van der Waals surface area contributed by atoms with Gasteiger partial charge >= 0.3 is 5.97 Å². The summed E-state index contributed by atoms with van der Waals surface area (Å²) in [7, 11) is 0. The molecule has 4 nitrogen and oxygen atoms in total. The highest BCUT2D eigenvalue weighted by Crippen LogP contribution is 2.27. The fraction of sp³-hybridized carbons (Fsp3) is 0.286.